The molecule has 1 heterocycles. The lowest BCUT2D eigenvalue weighted by Crippen LogP contribution is -2.23. The number of methoxy groups -OCH3 is 1. The Balaban J connectivity index is 2.52. The maximum atomic E-state index is 12.7. The molecule has 2 aromatic rings. The Kier molecular flexibility index (Phi) is 4.89. The smallest absolute Gasteiger partial charge is 0.468 e. The zero-order valence-corrected chi connectivity index (χ0v) is 13.6. The van der Waals surface area contributed by atoms with Crippen LogP contribution in [0.15, 0.2) is 41.6 Å². The minimum absolute atomic E-state index is 0.0745. The van der Waals surface area contributed by atoms with Crippen molar-refractivity contribution < 1.29 is 31.1 Å². The summed E-state index contributed by atoms with van der Waals surface area (Å²) in [6.07, 6.45) is 2.67. The number of halogens is 3. The summed E-state index contributed by atoms with van der Waals surface area (Å²) in [6.45, 7) is -0.203. The largest absolute Gasteiger partial charge is 0.501 e. The minimum atomic E-state index is -5.51. The zero-order chi connectivity index (χ0) is 18.8. The molecule has 0 saturated heterocycles. The minimum Gasteiger partial charge on any atom is -0.468 e. The second kappa shape index (κ2) is 6.60. The van der Waals surface area contributed by atoms with E-state index in [-0.39, 0.29) is 23.2 Å². The summed E-state index contributed by atoms with van der Waals surface area (Å²) < 4.78 is 66.9. The normalized spacial score (nSPS) is 11.8. The first-order chi connectivity index (χ1) is 11.6. The fourth-order valence-electron chi connectivity index (χ4n) is 2.10. The predicted octanol–water partition coefficient (Wildman–Crippen LogP) is 2.49. The standard InChI is InChI=1S/C15H11F3N2O4S/c1-24-14(21)9-20-7-11(6-19)13(8-20)10-3-2-4-12(5-10)25(22,23)15(16,17)18/h2-5,7-8H,9H2,1H3. The van der Waals surface area contributed by atoms with Crippen molar-refractivity contribution in [2.45, 2.75) is 16.9 Å². The number of ether oxygens (including phenoxy) is 1. The van der Waals surface area contributed by atoms with Crippen LogP contribution in [0.4, 0.5) is 13.2 Å². The van der Waals surface area contributed by atoms with Gasteiger partial charge in [-0.1, -0.05) is 12.1 Å². The monoisotopic (exact) mass is 372 g/mol. The molecule has 1 aromatic heterocycles. The van der Waals surface area contributed by atoms with Crippen molar-refractivity contribution in [2.24, 2.45) is 0 Å². The molecule has 6 nitrogen and oxygen atoms in total. The molecule has 1 aromatic carbocycles. The second-order valence-corrected chi connectivity index (χ2v) is 6.86. The third-order valence-electron chi connectivity index (χ3n) is 3.30. The highest BCUT2D eigenvalue weighted by Crippen LogP contribution is 2.33. The third kappa shape index (κ3) is 3.66. The van der Waals surface area contributed by atoms with E-state index >= 15 is 0 Å². The van der Waals surface area contributed by atoms with Gasteiger partial charge in [0.1, 0.15) is 12.6 Å². The molecule has 0 spiro atoms. The Morgan fingerprint density at radius 1 is 1.32 bits per heavy atom. The number of aromatic nitrogens is 1. The first kappa shape index (κ1) is 18.5. The number of hydrogen-bond donors (Lipinski definition) is 0. The summed E-state index contributed by atoms with van der Waals surface area (Å²) in [5.41, 5.74) is -5.05. The molecule has 0 aliphatic heterocycles. The van der Waals surface area contributed by atoms with Gasteiger partial charge < -0.3 is 9.30 Å². The molecule has 0 amide bonds. The maximum absolute atomic E-state index is 12.7. The Labute approximate surface area is 141 Å². The Hall–Kier alpha value is -2.80. The lowest BCUT2D eigenvalue weighted by Gasteiger charge is -2.09. The summed E-state index contributed by atoms with van der Waals surface area (Å²) in [7, 11) is -4.32. The summed E-state index contributed by atoms with van der Waals surface area (Å²) in [5, 5.41) is 9.17. The van der Waals surface area contributed by atoms with Gasteiger partial charge in [0.25, 0.3) is 9.84 Å². The summed E-state index contributed by atoms with van der Waals surface area (Å²) in [6, 6.07) is 6.02. The Morgan fingerprint density at radius 3 is 2.56 bits per heavy atom. The lowest BCUT2D eigenvalue weighted by molar-refractivity contribution is -0.141. The van der Waals surface area contributed by atoms with Crippen molar-refractivity contribution in [2.75, 3.05) is 7.11 Å². The highest BCUT2D eigenvalue weighted by Gasteiger charge is 2.46. The first-order valence-electron chi connectivity index (χ1n) is 6.68. The van der Waals surface area contributed by atoms with E-state index in [1.54, 1.807) is 0 Å². The molecule has 132 valence electrons. The molecule has 0 saturated carbocycles. The SMILES string of the molecule is COC(=O)Cn1cc(C#N)c(-c2cccc(S(=O)(=O)C(F)(F)F)c2)c1. The zero-order valence-electron chi connectivity index (χ0n) is 12.7. The average Bonchev–Trinajstić information content (AvgIpc) is 2.96. The number of sulfone groups is 1. The number of rotatable bonds is 4. The van der Waals surface area contributed by atoms with Crippen LogP contribution >= 0.6 is 0 Å². The number of nitrogens with zero attached hydrogens (tertiary/aromatic N) is 2. The molecule has 0 atom stereocenters. The van der Waals surface area contributed by atoms with E-state index in [1.165, 1.54) is 30.1 Å². The fraction of sp³-hybridized carbons (Fsp3) is 0.200. The van der Waals surface area contributed by atoms with Crippen molar-refractivity contribution in [3.63, 3.8) is 0 Å². The van der Waals surface area contributed by atoms with Crippen molar-refractivity contribution in [1.29, 1.82) is 5.26 Å². The van der Waals surface area contributed by atoms with Gasteiger partial charge in [0.15, 0.2) is 0 Å². The van der Waals surface area contributed by atoms with E-state index in [4.69, 9.17) is 5.26 Å². The molecule has 0 fully saturated rings. The van der Waals surface area contributed by atoms with E-state index in [0.29, 0.717) is 0 Å². The van der Waals surface area contributed by atoms with Crippen LogP contribution < -0.4 is 0 Å². The summed E-state index contributed by atoms with van der Waals surface area (Å²) in [4.78, 5) is 10.4. The number of carbonyl (C=O) groups excluding carboxylic acids is 1. The number of esters is 1. The highest BCUT2D eigenvalue weighted by molar-refractivity contribution is 7.92. The van der Waals surface area contributed by atoms with Crippen LogP contribution in [-0.2, 0) is 25.9 Å². The van der Waals surface area contributed by atoms with E-state index in [0.717, 1.165) is 18.2 Å². The lowest BCUT2D eigenvalue weighted by atomic mass is 10.1. The van der Waals surface area contributed by atoms with Gasteiger partial charge in [0, 0.05) is 18.0 Å². The highest BCUT2D eigenvalue weighted by atomic mass is 32.2. The molecule has 0 aliphatic rings. The van der Waals surface area contributed by atoms with E-state index in [2.05, 4.69) is 4.74 Å². The predicted molar refractivity (Wildman–Crippen MR) is 79.8 cm³/mol. The van der Waals surface area contributed by atoms with Gasteiger partial charge in [-0.15, -0.1) is 0 Å². The number of benzene rings is 1. The number of nitriles is 1. The molecule has 2 rings (SSSR count). The molecule has 0 unspecified atom stereocenters. The van der Waals surface area contributed by atoms with Crippen LogP contribution in [0.5, 0.6) is 0 Å². The molecule has 0 N–H and O–H groups in total. The van der Waals surface area contributed by atoms with E-state index < -0.39 is 26.2 Å². The molecule has 0 radical (unpaired) electrons. The van der Waals surface area contributed by atoms with Crippen LogP contribution in [0, 0.1) is 11.3 Å². The van der Waals surface area contributed by atoms with Crippen molar-refractivity contribution in [1.82, 2.24) is 4.57 Å². The molecule has 0 aliphatic carbocycles. The van der Waals surface area contributed by atoms with Gasteiger partial charge in [-0.3, -0.25) is 4.79 Å². The number of hydrogen-bond acceptors (Lipinski definition) is 5. The van der Waals surface area contributed by atoms with Crippen molar-refractivity contribution >= 4 is 15.8 Å². The summed E-state index contributed by atoms with van der Waals surface area (Å²) in [5.74, 6) is -0.584. The number of carbonyl (C=O) groups is 1. The van der Waals surface area contributed by atoms with Crippen LogP contribution in [0.1, 0.15) is 5.56 Å². The first-order valence-corrected chi connectivity index (χ1v) is 8.17. The third-order valence-corrected chi connectivity index (χ3v) is 4.78. The average molecular weight is 372 g/mol. The molecular weight excluding hydrogens is 361 g/mol. The van der Waals surface area contributed by atoms with Crippen LogP contribution in [0.25, 0.3) is 11.1 Å². The van der Waals surface area contributed by atoms with Gasteiger partial charge in [0.2, 0.25) is 0 Å². The maximum Gasteiger partial charge on any atom is 0.501 e. The van der Waals surface area contributed by atoms with Gasteiger partial charge in [-0.05, 0) is 17.7 Å². The van der Waals surface area contributed by atoms with Crippen LogP contribution in [0.2, 0.25) is 0 Å². The molecular formula is C15H11F3N2O4S. The van der Waals surface area contributed by atoms with Gasteiger partial charge >= 0.3 is 11.5 Å². The van der Waals surface area contributed by atoms with Gasteiger partial charge in [-0.25, -0.2) is 8.42 Å². The molecule has 25 heavy (non-hydrogen) atoms. The van der Waals surface area contributed by atoms with E-state index in [9.17, 15) is 26.4 Å². The quantitative estimate of drug-likeness (QED) is 0.770. The van der Waals surface area contributed by atoms with E-state index in [1.807, 2.05) is 6.07 Å². The Bertz CT molecular complexity index is 956. The molecule has 0 bridgehead atoms. The van der Waals surface area contributed by atoms with Crippen molar-refractivity contribution in [3.05, 3.63) is 42.2 Å². The topological polar surface area (TPSA) is 89.2 Å². The van der Waals surface area contributed by atoms with Crippen molar-refractivity contribution in [3.8, 4) is 17.2 Å². The van der Waals surface area contributed by atoms with Gasteiger partial charge in [-0.2, -0.15) is 18.4 Å². The second-order valence-electron chi connectivity index (χ2n) is 4.92. The van der Waals surface area contributed by atoms with Crippen LogP contribution in [0.3, 0.4) is 0 Å². The van der Waals surface area contributed by atoms with Crippen LogP contribution in [-0.4, -0.2) is 31.6 Å². The fourth-order valence-corrected chi connectivity index (χ4v) is 2.90. The number of alkyl halides is 3. The Morgan fingerprint density at radius 2 is 2.00 bits per heavy atom. The summed E-state index contributed by atoms with van der Waals surface area (Å²) >= 11 is 0. The van der Waals surface area contributed by atoms with Gasteiger partial charge in [0.05, 0.1) is 17.6 Å². The molecule has 10 heteroatoms.